The van der Waals surface area contributed by atoms with E-state index in [1.165, 1.54) is 12.3 Å². The fraction of sp³-hybridized carbons (Fsp3) is 0.130. The molecular weight excluding hydrogens is 368 g/mol. The topological polar surface area (TPSA) is 80.2 Å². The number of hydrogen-bond donors (Lipinski definition) is 2. The average molecular weight is 390 g/mol. The van der Waals surface area contributed by atoms with Crippen LogP contribution in [0.4, 0.5) is 0 Å². The van der Waals surface area contributed by atoms with Crippen LogP contribution in [0.25, 0.3) is 11.1 Å². The summed E-state index contributed by atoms with van der Waals surface area (Å²) in [6.07, 6.45) is 1.47. The number of para-hydroxylation sites is 1. The van der Waals surface area contributed by atoms with E-state index in [0.717, 1.165) is 11.1 Å². The maximum atomic E-state index is 12.1. The highest BCUT2D eigenvalue weighted by atomic mass is 16.5. The van der Waals surface area contributed by atoms with Gasteiger partial charge in [0.1, 0.15) is 5.75 Å². The van der Waals surface area contributed by atoms with Crippen LogP contribution in [0.2, 0.25) is 0 Å². The Hall–Kier alpha value is -3.80. The number of amides is 1. The molecule has 3 aromatic rings. The summed E-state index contributed by atoms with van der Waals surface area (Å²) in [5.41, 5.74) is 5.04. The third-order valence-corrected chi connectivity index (χ3v) is 4.02. The Labute approximate surface area is 169 Å². The van der Waals surface area contributed by atoms with Crippen LogP contribution in [0.3, 0.4) is 0 Å². The first kappa shape index (κ1) is 19.9. The molecule has 6 nitrogen and oxygen atoms in total. The first-order valence-corrected chi connectivity index (χ1v) is 9.22. The number of hydrogen-bond acceptors (Lipinski definition) is 5. The van der Waals surface area contributed by atoms with Gasteiger partial charge in [0.15, 0.2) is 18.1 Å². The van der Waals surface area contributed by atoms with Crippen molar-refractivity contribution in [2.24, 2.45) is 5.10 Å². The minimum atomic E-state index is -0.382. The van der Waals surface area contributed by atoms with E-state index in [1.807, 2.05) is 61.5 Å². The monoisotopic (exact) mass is 390 g/mol. The Bertz CT molecular complexity index is 987. The van der Waals surface area contributed by atoms with Gasteiger partial charge in [0, 0.05) is 5.56 Å². The molecule has 0 atom stereocenters. The number of benzene rings is 3. The molecule has 0 aromatic heterocycles. The second-order valence-electron chi connectivity index (χ2n) is 6.10. The van der Waals surface area contributed by atoms with E-state index in [-0.39, 0.29) is 18.3 Å². The normalized spacial score (nSPS) is 10.7. The van der Waals surface area contributed by atoms with Crippen molar-refractivity contribution in [3.63, 3.8) is 0 Å². The lowest BCUT2D eigenvalue weighted by atomic mass is 10.1. The summed E-state index contributed by atoms with van der Waals surface area (Å²) in [6, 6.07) is 22.2. The number of nitrogens with one attached hydrogen (secondary N) is 1. The summed E-state index contributed by atoms with van der Waals surface area (Å²) in [5, 5.41) is 13.6. The summed E-state index contributed by atoms with van der Waals surface area (Å²) >= 11 is 0. The Kier molecular flexibility index (Phi) is 6.84. The molecule has 0 heterocycles. The number of rotatable bonds is 8. The Morgan fingerprint density at radius 3 is 2.55 bits per heavy atom. The number of ether oxygens (including phenoxy) is 2. The Balaban J connectivity index is 1.57. The summed E-state index contributed by atoms with van der Waals surface area (Å²) in [6.45, 7) is 2.10. The molecule has 0 bridgehead atoms. The highest BCUT2D eigenvalue weighted by Crippen LogP contribution is 2.29. The van der Waals surface area contributed by atoms with Gasteiger partial charge in [-0.25, -0.2) is 5.43 Å². The van der Waals surface area contributed by atoms with E-state index in [2.05, 4.69) is 10.5 Å². The highest BCUT2D eigenvalue weighted by Gasteiger charge is 2.08. The summed E-state index contributed by atoms with van der Waals surface area (Å²) in [4.78, 5) is 12.1. The molecule has 3 aromatic carbocycles. The van der Waals surface area contributed by atoms with Crippen LogP contribution in [-0.4, -0.2) is 30.4 Å². The number of carbonyl (C=O) groups excluding carboxylic acids is 1. The molecule has 0 saturated heterocycles. The molecule has 0 aliphatic carbocycles. The van der Waals surface area contributed by atoms with E-state index in [1.54, 1.807) is 12.1 Å². The lowest BCUT2D eigenvalue weighted by Gasteiger charge is -2.11. The molecule has 2 N–H and O–H groups in total. The van der Waals surface area contributed by atoms with Gasteiger partial charge < -0.3 is 14.6 Å². The number of phenolic OH excluding ortho intramolecular Hbond substituents is 1. The SMILES string of the molecule is CCOc1cc(C=NNC(=O)COc2ccccc2-c2ccccc2)ccc1O. The highest BCUT2D eigenvalue weighted by molar-refractivity contribution is 5.84. The molecule has 3 rings (SSSR count). The van der Waals surface area contributed by atoms with Crippen molar-refractivity contribution in [3.05, 3.63) is 78.4 Å². The summed E-state index contributed by atoms with van der Waals surface area (Å²) in [5.74, 6) is 0.660. The van der Waals surface area contributed by atoms with Crippen LogP contribution in [-0.2, 0) is 4.79 Å². The Morgan fingerprint density at radius 2 is 1.76 bits per heavy atom. The quantitative estimate of drug-likeness (QED) is 0.450. The van der Waals surface area contributed by atoms with E-state index < -0.39 is 0 Å². The third kappa shape index (κ3) is 5.59. The molecule has 1 amide bonds. The van der Waals surface area contributed by atoms with Gasteiger partial charge in [-0.1, -0.05) is 48.5 Å². The predicted molar refractivity (Wildman–Crippen MR) is 112 cm³/mol. The number of carbonyl (C=O) groups is 1. The largest absolute Gasteiger partial charge is 0.504 e. The van der Waals surface area contributed by atoms with Crippen molar-refractivity contribution in [3.8, 4) is 28.4 Å². The summed E-state index contributed by atoms with van der Waals surface area (Å²) < 4.78 is 11.0. The number of nitrogens with zero attached hydrogens (tertiary/aromatic N) is 1. The molecule has 0 radical (unpaired) electrons. The number of hydrazone groups is 1. The van der Waals surface area contributed by atoms with Gasteiger partial charge in [-0.05, 0) is 42.3 Å². The van der Waals surface area contributed by atoms with Crippen molar-refractivity contribution in [1.29, 1.82) is 0 Å². The Morgan fingerprint density at radius 1 is 1.00 bits per heavy atom. The molecule has 0 fully saturated rings. The molecule has 148 valence electrons. The molecule has 29 heavy (non-hydrogen) atoms. The van der Waals surface area contributed by atoms with Crippen LogP contribution < -0.4 is 14.9 Å². The van der Waals surface area contributed by atoms with Gasteiger partial charge in [0.05, 0.1) is 12.8 Å². The van der Waals surface area contributed by atoms with Crippen LogP contribution in [0.5, 0.6) is 17.2 Å². The molecular formula is C23H22N2O4. The maximum absolute atomic E-state index is 12.1. The van der Waals surface area contributed by atoms with Crippen molar-refractivity contribution in [2.75, 3.05) is 13.2 Å². The van der Waals surface area contributed by atoms with Gasteiger partial charge >= 0.3 is 0 Å². The second-order valence-corrected chi connectivity index (χ2v) is 6.10. The van der Waals surface area contributed by atoms with Gasteiger partial charge in [-0.2, -0.15) is 5.10 Å². The zero-order valence-corrected chi connectivity index (χ0v) is 16.0. The fourth-order valence-corrected chi connectivity index (χ4v) is 2.69. The fourth-order valence-electron chi connectivity index (χ4n) is 2.69. The predicted octanol–water partition coefficient (Wildman–Crippen LogP) is 3.99. The van der Waals surface area contributed by atoms with E-state index >= 15 is 0 Å². The number of phenols is 1. The minimum absolute atomic E-state index is 0.0542. The van der Waals surface area contributed by atoms with Gasteiger partial charge in [0.25, 0.3) is 5.91 Å². The summed E-state index contributed by atoms with van der Waals surface area (Å²) in [7, 11) is 0. The number of aromatic hydroxyl groups is 1. The molecule has 0 aliphatic rings. The average Bonchev–Trinajstić information content (AvgIpc) is 2.75. The van der Waals surface area contributed by atoms with Crippen LogP contribution in [0.15, 0.2) is 77.9 Å². The molecule has 0 aliphatic heterocycles. The second kappa shape index (κ2) is 9.94. The lowest BCUT2D eigenvalue weighted by Crippen LogP contribution is -2.24. The zero-order chi connectivity index (χ0) is 20.5. The standard InChI is InChI=1S/C23H22N2O4/c1-2-28-22-14-17(12-13-20(22)26)15-24-25-23(27)16-29-21-11-7-6-10-19(21)18-8-4-3-5-9-18/h3-15,26H,2,16H2,1H3,(H,25,27). The van der Waals surface area contributed by atoms with Crippen molar-refractivity contribution in [1.82, 2.24) is 5.43 Å². The van der Waals surface area contributed by atoms with Crippen molar-refractivity contribution >= 4 is 12.1 Å². The van der Waals surface area contributed by atoms with Gasteiger partial charge in [0.2, 0.25) is 0 Å². The molecule has 6 heteroatoms. The van der Waals surface area contributed by atoms with Crippen LogP contribution >= 0.6 is 0 Å². The maximum Gasteiger partial charge on any atom is 0.277 e. The van der Waals surface area contributed by atoms with E-state index in [0.29, 0.717) is 23.7 Å². The van der Waals surface area contributed by atoms with Crippen LogP contribution in [0, 0.1) is 0 Å². The van der Waals surface area contributed by atoms with Crippen molar-refractivity contribution < 1.29 is 19.4 Å². The minimum Gasteiger partial charge on any atom is -0.504 e. The first-order chi connectivity index (χ1) is 14.2. The first-order valence-electron chi connectivity index (χ1n) is 9.22. The molecule has 0 unspecified atom stereocenters. The molecule has 0 saturated carbocycles. The van der Waals surface area contributed by atoms with E-state index in [4.69, 9.17) is 9.47 Å². The van der Waals surface area contributed by atoms with Gasteiger partial charge in [-0.3, -0.25) is 4.79 Å². The zero-order valence-electron chi connectivity index (χ0n) is 16.0. The van der Waals surface area contributed by atoms with Gasteiger partial charge in [-0.15, -0.1) is 0 Å². The van der Waals surface area contributed by atoms with Crippen molar-refractivity contribution in [2.45, 2.75) is 6.92 Å². The van der Waals surface area contributed by atoms with E-state index in [9.17, 15) is 9.90 Å². The third-order valence-electron chi connectivity index (χ3n) is 4.02. The molecule has 0 spiro atoms. The lowest BCUT2D eigenvalue weighted by molar-refractivity contribution is -0.123. The van der Waals surface area contributed by atoms with Crippen LogP contribution in [0.1, 0.15) is 12.5 Å². The smallest absolute Gasteiger partial charge is 0.277 e.